The van der Waals surface area contributed by atoms with Gasteiger partial charge in [0.05, 0.1) is 29.4 Å². The summed E-state index contributed by atoms with van der Waals surface area (Å²) in [7, 11) is 0. The van der Waals surface area contributed by atoms with Gasteiger partial charge in [-0.3, -0.25) is 14.4 Å². The Morgan fingerprint density at radius 1 is 0.900 bits per heavy atom. The third-order valence-electron chi connectivity index (χ3n) is 7.35. The quantitative estimate of drug-likeness (QED) is 0.382. The number of hydrogen-bond donors (Lipinski definition) is 1. The van der Waals surface area contributed by atoms with E-state index >= 15 is 0 Å². The molecular weight excluding hydrogens is 504 g/mol. The number of ketones is 1. The molecule has 0 aromatic heterocycles. The number of Topliss-reactive ketones (excluding diaryl/α,β-unsaturated/α-hetero) is 1. The Morgan fingerprint density at radius 2 is 1.57 bits per heavy atom. The molecule has 0 spiro atoms. The predicted octanol–water partition coefficient (Wildman–Crippen LogP) is 6.09. The number of aryl methyl sites for hydroxylation is 2. The molecule has 1 atom stereocenters. The van der Waals surface area contributed by atoms with Gasteiger partial charge in [0.25, 0.3) is 0 Å². The molecule has 3 aromatic rings. The largest absolute Gasteiger partial charge is 0.478 e. The average Bonchev–Trinajstić information content (AvgIpc) is 2.98. The number of nitrogens with zero attached hydrogens (tertiary/aromatic N) is 2. The maximum absolute atomic E-state index is 14.4. The normalized spacial score (nSPS) is 15.4. The van der Waals surface area contributed by atoms with Crippen molar-refractivity contribution in [2.24, 2.45) is 5.41 Å². The first-order valence-corrected chi connectivity index (χ1v) is 13.4. The molecule has 1 N–H and O–H groups in total. The molecule has 2 amide bonds. The van der Waals surface area contributed by atoms with Gasteiger partial charge in [-0.25, -0.2) is 4.79 Å². The van der Waals surface area contributed by atoms with E-state index in [1.165, 1.54) is 11.0 Å². The SMILES string of the molecule is Cc1ccc2c(c1)N(CC(=O)c1ccccc1C)C(=O)C(c1cccc(C(=O)O)c1C)CN2C(=O)CC(C)(C)C. The summed E-state index contributed by atoms with van der Waals surface area (Å²) in [6.45, 7) is 11.2. The van der Waals surface area contributed by atoms with Gasteiger partial charge in [-0.1, -0.05) is 63.2 Å². The van der Waals surface area contributed by atoms with Crippen LogP contribution in [0.3, 0.4) is 0 Å². The van der Waals surface area contributed by atoms with E-state index in [9.17, 15) is 24.3 Å². The summed E-state index contributed by atoms with van der Waals surface area (Å²) in [5.74, 6) is -2.68. The van der Waals surface area contributed by atoms with E-state index in [1.807, 2.05) is 65.0 Å². The molecule has 0 aliphatic carbocycles. The first-order chi connectivity index (χ1) is 18.8. The lowest BCUT2D eigenvalue weighted by Gasteiger charge is -2.28. The summed E-state index contributed by atoms with van der Waals surface area (Å²) in [5.41, 5.74) is 4.04. The lowest BCUT2D eigenvalue weighted by atomic mass is 9.89. The van der Waals surface area contributed by atoms with Crippen molar-refractivity contribution in [3.05, 3.63) is 94.0 Å². The van der Waals surface area contributed by atoms with Gasteiger partial charge in [-0.2, -0.15) is 0 Å². The molecule has 1 aliphatic rings. The summed E-state index contributed by atoms with van der Waals surface area (Å²) in [5, 5.41) is 9.77. The first-order valence-electron chi connectivity index (χ1n) is 13.4. The summed E-state index contributed by atoms with van der Waals surface area (Å²) in [6, 6.07) is 17.6. The van der Waals surface area contributed by atoms with E-state index in [0.29, 0.717) is 28.1 Å². The Bertz CT molecular complexity index is 1500. The van der Waals surface area contributed by atoms with E-state index in [0.717, 1.165) is 11.1 Å². The second-order valence-corrected chi connectivity index (χ2v) is 11.8. The number of carbonyl (C=O) groups is 4. The van der Waals surface area contributed by atoms with Crippen molar-refractivity contribution in [1.29, 1.82) is 0 Å². The number of hydrogen-bond acceptors (Lipinski definition) is 4. The van der Waals surface area contributed by atoms with E-state index in [2.05, 4.69) is 0 Å². The fourth-order valence-electron chi connectivity index (χ4n) is 5.30. The van der Waals surface area contributed by atoms with Crippen LogP contribution in [0.1, 0.15) is 76.1 Å². The minimum absolute atomic E-state index is 0.0305. The van der Waals surface area contributed by atoms with Crippen molar-refractivity contribution >= 4 is 34.9 Å². The molecule has 0 radical (unpaired) electrons. The second-order valence-electron chi connectivity index (χ2n) is 11.8. The molecule has 0 bridgehead atoms. The third-order valence-corrected chi connectivity index (χ3v) is 7.35. The van der Waals surface area contributed by atoms with Gasteiger partial charge in [0.1, 0.15) is 0 Å². The summed E-state index contributed by atoms with van der Waals surface area (Å²) >= 11 is 0. The molecule has 1 heterocycles. The van der Waals surface area contributed by atoms with Gasteiger partial charge in [0.2, 0.25) is 11.8 Å². The van der Waals surface area contributed by atoms with Gasteiger partial charge in [0.15, 0.2) is 5.78 Å². The molecule has 40 heavy (non-hydrogen) atoms. The van der Waals surface area contributed by atoms with Crippen LogP contribution >= 0.6 is 0 Å². The van der Waals surface area contributed by atoms with Gasteiger partial charge < -0.3 is 14.9 Å². The zero-order valence-corrected chi connectivity index (χ0v) is 23.9. The number of anilines is 2. The van der Waals surface area contributed by atoms with Crippen molar-refractivity contribution in [2.75, 3.05) is 22.9 Å². The molecule has 0 saturated heterocycles. The Balaban J connectivity index is 1.91. The highest BCUT2D eigenvalue weighted by Crippen LogP contribution is 2.40. The van der Waals surface area contributed by atoms with E-state index in [-0.39, 0.29) is 48.1 Å². The van der Waals surface area contributed by atoms with Crippen molar-refractivity contribution in [3.63, 3.8) is 0 Å². The van der Waals surface area contributed by atoms with Crippen LogP contribution in [-0.2, 0) is 9.59 Å². The van der Waals surface area contributed by atoms with Crippen molar-refractivity contribution in [2.45, 2.75) is 53.9 Å². The topological polar surface area (TPSA) is 95.0 Å². The number of fused-ring (bicyclic) bond motifs is 1. The Hall–Kier alpha value is -4.26. The highest BCUT2D eigenvalue weighted by Gasteiger charge is 2.39. The van der Waals surface area contributed by atoms with Crippen LogP contribution in [0.4, 0.5) is 11.4 Å². The number of aromatic carboxylic acids is 1. The Labute approximate surface area is 235 Å². The maximum Gasteiger partial charge on any atom is 0.335 e. The third kappa shape index (κ3) is 5.83. The van der Waals surface area contributed by atoms with Crippen molar-refractivity contribution in [3.8, 4) is 0 Å². The number of carboxylic acid groups (broad SMARTS) is 1. The van der Waals surface area contributed by atoms with Gasteiger partial charge in [-0.05, 0) is 66.6 Å². The summed E-state index contributed by atoms with van der Waals surface area (Å²) in [4.78, 5) is 56.9. The fraction of sp³-hybridized carbons (Fsp3) is 0.333. The zero-order valence-electron chi connectivity index (χ0n) is 23.9. The van der Waals surface area contributed by atoms with Gasteiger partial charge >= 0.3 is 5.97 Å². The molecule has 0 fully saturated rings. The summed E-state index contributed by atoms with van der Waals surface area (Å²) < 4.78 is 0. The van der Waals surface area contributed by atoms with Crippen LogP contribution in [0.2, 0.25) is 0 Å². The number of rotatable bonds is 6. The van der Waals surface area contributed by atoms with Crippen molar-refractivity contribution < 1.29 is 24.3 Å². The second kappa shape index (κ2) is 11.1. The molecule has 1 unspecified atom stereocenters. The maximum atomic E-state index is 14.4. The number of benzene rings is 3. The number of carbonyl (C=O) groups excluding carboxylic acids is 3. The molecule has 4 rings (SSSR count). The molecule has 208 valence electrons. The monoisotopic (exact) mass is 540 g/mol. The Morgan fingerprint density at radius 3 is 2.23 bits per heavy atom. The molecule has 7 heteroatoms. The van der Waals surface area contributed by atoms with Crippen LogP contribution in [0.25, 0.3) is 0 Å². The van der Waals surface area contributed by atoms with Crippen LogP contribution in [0, 0.1) is 26.2 Å². The zero-order chi connectivity index (χ0) is 29.4. The molecule has 0 saturated carbocycles. The highest BCUT2D eigenvalue weighted by molar-refractivity contribution is 6.12. The lowest BCUT2D eigenvalue weighted by Crippen LogP contribution is -2.41. The minimum Gasteiger partial charge on any atom is -0.478 e. The van der Waals surface area contributed by atoms with E-state index < -0.39 is 11.9 Å². The van der Waals surface area contributed by atoms with Crippen LogP contribution in [0.5, 0.6) is 0 Å². The fourth-order valence-corrected chi connectivity index (χ4v) is 5.30. The predicted molar refractivity (Wildman–Crippen MR) is 156 cm³/mol. The summed E-state index contributed by atoms with van der Waals surface area (Å²) in [6.07, 6.45) is 0.248. The standard InChI is InChI=1S/C33H36N2O5/c1-20-14-15-27-28(16-20)35(19-29(36)23-11-8-7-10-21(23)2)31(38)26(18-34(27)30(37)17-33(4,5)6)24-12-9-13-25(22(24)3)32(39)40/h7-16,26H,17-19H2,1-6H3,(H,39,40). The van der Waals surface area contributed by atoms with Gasteiger partial charge in [0, 0.05) is 18.5 Å². The minimum atomic E-state index is -1.09. The van der Waals surface area contributed by atoms with E-state index in [4.69, 9.17) is 0 Å². The van der Waals surface area contributed by atoms with Crippen LogP contribution < -0.4 is 9.80 Å². The van der Waals surface area contributed by atoms with E-state index in [1.54, 1.807) is 36.1 Å². The van der Waals surface area contributed by atoms with Crippen LogP contribution in [0.15, 0.2) is 60.7 Å². The lowest BCUT2D eigenvalue weighted by molar-refractivity contribution is -0.121. The first kappa shape index (κ1) is 28.7. The number of amides is 2. The molecule has 7 nitrogen and oxygen atoms in total. The van der Waals surface area contributed by atoms with Crippen LogP contribution in [-0.4, -0.2) is 41.8 Å². The number of carboxylic acids is 1. The van der Waals surface area contributed by atoms with Gasteiger partial charge in [-0.15, -0.1) is 0 Å². The average molecular weight is 541 g/mol. The molecule has 1 aliphatic heterocycles. The highest BCUT2D eigenvalue weighted by atomic mass is 16.4. The molecular formula is C33H36N2O5. The van der Waals surface area contributed by atoms with Crippen molar-refractivity contribution in [1.82, 2.24) is 0 Å². The Kier molecular flexibility index (Phi) is 7.96. The molecule has 3 aromatic carbocycles. The smallest absolute Gasteiger partial charge is 0.335 e.